The Morgan fingerprint density at radius 3 is 2.68 bits per heavy atom. The minimum atomic E-state index is -3.48. The SMILES string of the molecule is CC1CCN(S(=O)(=O)c2ccc(CCl)cn2)C(C)C1. The quantitative estimate of drug-likeness (QED) is 0.807. The molecule has 1 saturated heterocycles. The first-order chi connectivity index (χ1) is 8.95. The van der Waals surface area contributed by atoms with Crippen LogP contribution in [0.25, 0.3) is 0 Å². The molecule has 0 amide bonds. The number of piperidine rings is 1. The van der Waals surface area contributed by atoms with E-state index in [1.54, 1.807) is 10.4 Å². The van der Waals surface area contributed by atoms with Crippen molar-refractivity contribution in [3.63, 3.8) is 0 Å². The largest absolute Gasteiger partial charge is 0.260 e. The number of sulfonamides is 1. The number of aromatic nitrogens is 1. The van der Waals surface area contributed by atoms with E-state index >= 15 is 0 Å². The van der Waals surface area contributed by atoms with Gasteiger partial charge in [-0.25, -0.2) is 13.4 Å². The second-order valence-corrected chi connectivity index (χ2v) is 7.34. The molecule has 2 unspecified atom stereocenters. The topological polar surface area (TPSA) is 50.3 Å². The molecular weight excluding hydrogens is 284 g/mol. The van der Waals surface area contributed by atoms with Crippen LogP contribution in [0.3, 0.4) is 0 Å². The van der Waals surface area contributed by atoms with Gasteiger partial charge < -0.3 is 0 Å². The van der Waals surface area contributed by atoms with Gasteiger partial charge in [-0.1, -0.05) is 13.0 Å². The summed E-state index contributed by atoms with van der Waals surface area (Å²) in [5, 5.41) is 0.114. The van der Waals surface area contributed by atoms with Crippen LogP contribution in [0.2, 0.25) is 0 Å². The highest BCUT2D eigenvalue weighted by atomic mass is 35.5. The van der Waals surface area contributed by atoms with Gasteiger partial charge in [-0.05, 0) is 37.3 Å². The molecule has 2 rings (SSSR count). The van der Waals surface area contributed by atoms with Gasteiger partial charge in [-0.3, -0.25) is 0 Å². The van der Waals surface area contributed by atoms with Crippen molar-refractivity contribution >= 4 is 21.6 Å². The molecule has 1 aliphatic rings. The molecule has 1 fully saturated rings. The van der Waals surface area contributed by atoms with E-state index in [0.717, 1.165) is 18.4 Å². The van der Waals surface area contributed by atoms with Gasteiger partial charge in [0.15, 0.2) is 5.03 Å². The first kappa shape index (κ1) is 14.8. The van der Waals surface area contributed by atoms with E-state index in [9.17, 15) is 8.42 Å². The molecule has 0 bridgehead atoms. The molecule has 2 heterocycles. The van der Waals surface area contributed by atoms with Crippen LogP contribution in [0.15, 0.2) is 23.4 Å². The Hall–Kier alpha value is -0.650. The fraction of sp³-hybridized carbons (Fsp3) is 0.615. The van der Waals surface area contributed by atoms with Crippen LogP contribution in [-0.4, -0.2) is 30.3 Å². The third kappa shape index (κ3) is 3.09. The number of alkyl halides is 1. The molecule has 1 aromatic rings. The zero-order chi connectivity index (χ0) is 14.0. The number of halogens is 1. The van der Waals surface area contributed by atoms with Crippen LogP contribution in [0.1, 0.15) is 32.3 Å². The molecule has 2 atom stereocenters. The molecule has 0 radical (unpaired) electrons. The molecular formula is C13H19ClN2O2S. The second-order valence-electron chi connectivity index (χ2n) is 5.23. The number of hydrogen-bond acceptors (Lipinski definition) is 3. The Bertz CT molecular complexity index is 530. The molecule has 0 spiro atoms. The minimum Gasteiger partial charge on any atom is -0.243 e. The van der Waals surface area contributed by atoms with Crippen LogP contribution in [0.4, 0.5) is 0 Å². The predicted molar refractivity (Wildman–Crippen MR) is 75.5 cm³/mol. The molecule has 4 nitrogen and oxygen atoms in total. The highest BCUT2D eigenvalue weighted by Gasteiger charge is 2.33. The van der Waals surface area contributed by atoms with Crippen molar-refractivity contribution in [2.75, 3.05) is 6.54 Å². The summed E-state index contributed by atoms with van der Waals surface area (Å²) in [5.74, 6) is 0.915. The highest BCUT2D eigenvalue weighted by Crippen LogP contribution is 2.27. The lowest BCUT2D eigenvalue weighted by molar-refractivity contribution is 0.219. The van der Waals surface area contributed by atoms with Crippen LogP contribution in [-0.2, 0) is 15.9 Å². The summed E-state index contributed by atoms with van der Waals surface area (Å²) in [6.07, 6.45) is 3.33. The van der Waals surface area contributed by atoms with E-state index < -0.39 is 10.0 Å². The van der Waals surface area contributed by atoms with Crippen LogP contribution in [0.5, 0.6) is 0 Å². The predicted octanol–water partition coefficient (Wildman–Crippen LogP) is 2.63. The lowest BCUT2D eigenvalue weighted by Gasteiger charge is -2.35. The molecule has 6 heteroatoms. The third-order valence-electron chi connectivity index (χ3n) is 3.60. The Balaban J connectivity index is 2.26. The van der Waals surface area contributed by atoms with E-state index in [1.165, 1.54) is 12.3 Å². The second kappa shape index (κ2) is 5.77. The Labute approximate surface area is 119 Å². The van der Waals surface area contributed by atoms with Crippen molar-refractivity contribution in [3.05, 3.63) is 23.9 Å². The molecule has 0 N–H and O–H groups in total. The van der Waals surface area contributed by atoms with E-state index in [4.69, 9.17) is 11.6 Å². The van der Waals surface area contributed by atoms with Gasteiger partial charge in [-0.15, -0.1) is 11.6 Å². The van der Waals surface area contributed by atoms with Crippen molar-refractivity contribution in [2.24, 2.45) is 5.92 Å². The standard InChI is InChI=1S/C13H19ClN2O2S/c1-10-5-6-16(11(2)7-10)19(17,18)13-4-3-12(8-14)9-15-13/h3-4,9-11H,5-8H2,1-2H3. The van der Waals surface area contributed by atoms with Crippen molar-refractivity contribution in [1.29, 1.82) is 0 Å². The lowest BCUT2D eigenvalue weighted by atomic mass is 9.95. The Morgan fingerprint density at radius 1 is 1.42 bits per heavy atom. The molecule has 0 aliphatic carbocycles. The number of hydrogen-bond donors (Lipinski definition) is 0. The van der Waals surface area contributed by atoms with Gasteiger partial charge >= 0.3 is 0 Å². The summed E-state index contributed by atoms with van der Waals surface area (Å²) in [4.78, 5) is 4.04. The van der Waals surface area contributed by atoms with Gasteiger partial charge in [0.05, 0.1) is 0 Å². The van der Waals surface area contributed by atoms with Crippen molar-refractivity contribution in [1.82, 2.24) is 9.29 Å². The maximum atomic E-state index is 12.5. The normalized spacial score (nSPS) is 25.4. The van der Waals surface area contributed by atoms with Crippen molar-refractivity contribution < 1.29 is 8.42 Å². The zero-order valence-electron chi connectivity index (χ0n) is 11.2. The highest BCUT2D eigenvalue weighted by molar-refractivity contribution is 7.89. The third-order valence-corrected chi connectivity index (χ3v) is 5.84. The average Bonchev–Trinajstić information content (AvgIpc) is 2.38. The number of pyridine rings is 1. The maximum absolute atomic E-state index is 12.5. The fourth-order valence-electron chi connectivity index (χ4n) is 2.51. The Morgan fingerprint density at radius 2 is 2.16 bits per heavy atom. The van der Waals surface area contributed by atoms with Crippen LogP contribution < -0.4 is 0 Å². The molecule has 0 aromatic carbocycles. The van der Waals surface area contributed by atoms with E-state index in [0.29, 0.717) is 18.3 Å². The van der Waals surface area contributed by atoms with E-state index in [-0.39, 0.29) is 11.1 Å². The van der Waals surface area contributed by atoms with Crippen molar-refractivity contribution in [3.8, 4) is 0 Å². The maximum Gasteiger partial charge on any atom is 0.260 e. The summed E-state index contributed by atoms with van der Waals surface area (Å²) in [7, 11) is -3.48. The summed E-state index contributed by atoms with van der Waals surface area (Å²) in [6, 6.07) is 3.28. The van der Waals surface area contributed by atoms with E-state index in [2.05, 4.69) is 11.9 Å². The molecule has 106 valence electrons. The van der Waals surface area contributed by atoms with Gasteiger partial charge in [0.25, 0.3) is 10.0 Å². The zero-order valence-corrected chi connectivity index (χ0v) is 12.8. The molecule has 19 heavy (non-hydrogen) atoms. The summed E-state index contributed by atoms with van der Waals surface area (Å²) < 4.78 is 26.6. The minimum absolute atomic E-state index is 0.0308. The van der Waals surface area contributed by atoms with Gasteiger partial charge in [0, 0.05) is 24.7 Å². The van der Waals surface area contributed by atoms with E-state index in [1.807, 2.05) is 6.92 Å². The fourth-order valence-corrected chi connectivity index (χ4v) is 4.24. The number of rotatable bonds is 3. The molecule has 1 aromatic heterocycles. The summed E-state index contributed by atoms with van der Waals surface area (Å²) >= 11 is 5.68. The Kier molecular flexibility index (Phi) is 4.48. The van der Waals surface area contributed by atoms with Gasteiger partial charge in [0.2, 0.25) is 0 Å². The lowest BCUT2D eigenvalue weighted by Crippen LogP contribution is -2.44. The summed E-state index contributed by atoms with van der Waals surface area (Å²) in [5.41, 5.74) is 0.820. The van der Waals surface area contributed by atoms with Crippen LogP contribution in [0, 0.1) is 5.92 Å². The van der Waals surface area contributed by atoms with Gasteiger partial charge in [-0.2, -0.15) is 4.31 Å². The van der Waals surface area contributed by atoms with Crippen LogP contribution >= 0.6 is 11.6 Å². The number of nitrogens with zero attached hydrogens (tertiary/aromatic N) is 2. The molecule has 0 saturated carbocycles. The molecule has 1 aliphatic heterocycles. The van der Waals surface area contributed by atoms with Crippen molar-refractivity contribution in [2.45, 2.75) is 43.6 Å². The monoisotopic (exact) mass is 302 g/mol. The average molecular weight is 303 g/mol. The first-order valence-electron chi connectivity index (χ1n) is 6.48. The smallest absolute Gasteiger partial charge is 0.243 e. The first-order valence-corrected chi connectivity index (χ1v) is 8.45. The summed E-state index contributed by atoms with van der Waals surface area (Å²) in [6.45, 7) is 4.69. The van der Waals surface area contributed by atoms with Gasteiger partial charge in [0.1, 0.15) is 0 Å².